The standard InChI is InChI=1S/C20H30N2O3/c23-19(21-14-6-12-17-8-4-5-9-17)13-7-15-22-20(24)25-16-18-10-2-1-3-11-18/h1-3,10-11,17H,4-9,12-16H2,(H,21,23)(H,22,24). The normalized spacial score (nSPS) is 14.2. The predicted octanol–water partition coefficient (Wildman–Crippen LogP) is 3.78. The molecule has 2 N–H and O–H groups in total. The van der Waals surface area contributed by atoms with Crippen molar-refractivity contribution in [3.63, 3.8) is 0 Å². The number of amides is 2. The maximum absolute atomic E-state index is 11.7. The number of nitrogens with one attached hydrogen (secondary N) is 2. The lowest BCUT2D eigenvalue weighted by molar-refractivity contribution is -0.121. The number of hydrogen-bond donors (Lipinski definition) is 2. The summed E-state index contributed by atoms with van der Waals surface area (Å²) in [7, 11) is 0. The molecule has 0 bridgehead atoms. The summed E-state index contributed by atoms with van der Waals surface area (Å²) in [4.78, 5) is 23.3. The molecule has 1 saturated carbocycles. The van der Waals surface area contributed by atoms with Crippen LogP contribution in [0.3, 0.4) is 0 Å². The molecule has 1 aromatic carbocycles. The van der Waals surface area contributed by atoms with E-state index >= 15 is 0 Å². The molecule has 0 radical (unpaired) electrons. The largest absolute Gasteiger partial charge is 0.445 e. The fourth-order valence-electron chi connectivity index (χ4n) is 3.22. The highest BCUT2D eigenvalue weighted by Crippen LogP contribution is 2.28. The van der Waals surface area contributed by atoms with Crippen LogP contribution < -0.4 is 10.6 Å². The van der Waals surface area contributed by atoms with Crippen LogP contribution in [0.4, 0.5) is 4.79 Å². The van der Waals surface area contributed by atoms with Crippen LogP contribution in [0.2, 0.25) is 0 Å². The number of hydrogen-bond acceptors (Lipinski definition) is 3. The van der Waals surface area contributed by atoms with Crippen LogP contribution in [0, 0.1) is 5.92 Å². The van der Waals surface area contributed by atoms with E-state index in [4.69, 9.17) is 4.74 Å². The predicted molar refractivity (Wildman–Crippen MR) is 98.1 cm³/mol. The summed E-state index contributed by atoms with van der Waals surface area (Å²) in [5.74, 6) is 0.939. The third-order valence-electron chi connectivity index (χ3n) is 4.65. The molecule has 1 fully saturated rings. The maximum atomic E-state index is 11.7. The van der Waals surface area contributed by atoms with E-state index in [0.717, 1.165) is 24.4 Å². The summed E-state index contributed by atoms with van der Waals surface area (Å²) in [6.07, 6.45) is 8.38. The van der Waals surface area contributed by atoms with Gasteiger partial charge in [0.1, 0.15) is 6.61 Å². The van der Waals surface area contributed by atoms with Gasteiger partial charge in [-0.15, -0.1) is 0 Å². The topological polar surface area (TPSA) is 67.4 Å². The molecular weight excluding hydrogens is 316 g/mol. The van der Waals surface area contributed by atoms with Crippen LogP contribution in [0.1, 0.15) is 56.9 Å². The second kappa shape index (κ2) is 11.5. The minimum atomic E-state index is -0.444. The number of carbonyl (C=O) groups is 2. The Bertz CT molecular complexity index is 513. The van der Waals surface area contributed by atoms with Gasteiger partial charge in [-0.25, -0.2) is 4.79 Å². The summed E-state index contributed by atoms with van der Waals surface area (Å²) >= 11 is 0. The SMILES string of the molecule is O=C(CCCNC(=O)OCc1ccccc1)NCCCC1CCCC1. The van der Waals surface area contributed by atoms with Crippen molar-refractivity contribution in [1.82, 2.24) is 10.6 Å². The third kappa shape index (κ3) is 8.57. The van der Waals surface area contributed by atoms with Gasteiger partial charge in [-0.1, -0.05) is 56.0 Å². The van der Waals surface area contributed by atoms with Gasteiger partial charge in [-0.3, -0.25) is 4.79 Å². The molecule has 0 aliphatic heterocycles. The molecule has 0 spiro atoms. The van der Waals surface area contributed by atoms with Gasteiger partial charge in [-0.2, -0.15) is 0 Å². The first-order valence-electron chi connectivity index (χ1n) is 9.45. The summed E-state index contributed by atoms with van der Waals surface area (Å²) in [5, 5.41) is 5.63. The average Bonchev–Trinajstić information content (AvgIpc) is 3.15. The Morgan fingerprint density at radius 3 is 2.48 bits per heavy atom. The Hall–Kier alpha value is -2.04. The van der Waals surface area contributed by atoms with Crippen molar-refractivity contribution in [3.8, 4) is 0 Å². The van der Waals surface area contributed by atoms with E-state index in [-0.39, 0.29) is 12.5 Å². The van der Waals surface area contributed by atoms with Gasteiger partial charge in [0.15, 0.2) is 0 Å². The van der Waals surface area contributed by atoms with Crippen LogP contribution in [0.15, 0.2) is 30.3 Å². The Morgan fingerprint density at radius 2 is 1.72 bits per heavy atom. The molecule has 1 aliphatic rings. The first kappa shape index (κ1) is 19.3. The fourth-order valence-corrected chi connectivity index (χ4v) is 3.22. The molecule has 0 aromatic heterocycles. The van der Waals surface area contributed by atoms with E-state index in [1.807, 2.05) is 30.3 Å². The van der Waals surface area contributed by atoms with Gasteiger partial charge in [0, 0.05) is 19.5 Å². The number of rotatable bonds is 10. The van der Waals surface area contributed by atoms with Crippen molar-refractivity contribution in [2.45, 2.75) is 58.0 Å². The molecule has 1 aliphatic carbocycles. The van der Waals surface area contributed by atoms with Crippen LogP contribution in [0.25, 0.3) is 0 Å². The molecule has 138 valence electrons. The molecule has 0 heterocycles. The van der Waals surface area contributed by atoms with E-state index in [9.17, 15) is 9.59 Å². The van der Waals surface area contributed by atoms with Crippen molar-refractivity contribution in [1.29, 1.82) is 0 Å². The van der Waals surface area contributed by atoms with Gasteiger partial charge in [0.25, 0.3) is 0 Å². The highest BCUT2D eigenvalue weighted by molar-refractivity contribution is 5.75. The quantitative estimate of drug-likeness (QED) is 0.634. The van der Waals surface area contributed by atoms with Crippen LogP contribution in [-0.2, 0) is 16.1 Å². The van der Waals surface area contributed by atoms with Gasteiger partial charge in [0.2, 0.25) is 5.91 Å². The lowest BCUT2D eigenvalue weighted by Crippen LogP contribution is -2.28. The third-order valence-corrected chi connectivity index (χ3v) is 4.65. The summed E-state index contributed by atoms with van der Waals surface area (Å²) in [6.45, 7) is 1.47. The van der Waals surface area contributed by atoms with Crippen molar-refractivity contribution in [2.24, 2.45) is 5.92 Å². The van der Waals surface area contributed by atoms with Gasteiger partial charge in [-0.05, 0) is 30.7 Å². The number of carbonyl (C=O) groups excluding carboxylic acids is 2. The van der Waals surface area contributed by atoms with E-state index in [1.54, 1.807) is 0 Å². The van der Waals surface area contributed by atoms with Crippen molar-refractivity contribution >= 4 is 12.0 Å². The Kier molecular flexibility index (Phi) is 8.87. The van der Waals surface area contributed by atoms with Crippen LogP contribution in [-0.4, -0.2) is 25.1 Å². The molecule has 25 heavy (non-hydrogen) atoms. The smallest absolute Gasteiger partial charge is 0.407 e. The molecule has 5 nitrogen and oxygen atoms in total. The zero-order chi connectivity index (χ0) is 17.7. The van der Waals surface area contributed by atoms with Crippen molar-refractivity contribution in [2.75, 3.05) is 13.1 Å². The lowest BCUT2D eigenvalue weighted by atomic mass is 10.0. The first-order valence-corrected chi connectivity index (χ1v) is 9.45. The van der Waals surface area contributed by atoms with E-state index in [2.05, 4.69) is 10.6 Å². The van der Waals surface area contributed by atoms with Gasteiger partial charge < -0.3 is 15.4 Å². The van der Waals surface area contributed by atoms with Crippen molar-refractivity contribution < 1.29 is 14.3 Å². The second-order valence-electron chi connectivity index (χ2n) is 6.73. The van der Waals surface area contributed by atoms with E-state index < -0.39 is 6.09 Å². The number of alkyl carbamates (subject to hydrolysis) is 1. The molecule has 2 amide bonds. The van der Waals surface area contributed by atoms with E-state index in [0.29, 0.717) is 19.4 Å². The minimum absolute atomic E-state index is 0.0610. The summed E-state index contributed by atoms with van der Waals surface area (Å²) < 4.78 is 5.11. The van der Waals surface area contributed by atoms with Crippen LogP contribution >= 0.6 is 0 Å². The fraction of sp³-hybridized carbons (Fsp3) is 0.600. The average molecular weight is 346 g/mol. The van der Waals surface area contributed by atoms with Gasteiger partial charge in [0.05, 0.1) is 0 Å². The van der Waals surface area contributed by atoms with Gasteiger partial charge >= 0.3 is 6.09 Å². The van der Waals surface area contributed by atoms with Crippen molar-refractivity contribution in [3.05, 3.63) is 35.9 Å². The number of ether oxygens (including phenoxy) is 1. The Morgan fingerprint density at radius 1 is 1.00 bits per heavy atom. The summed E-state index contributed by atoms with van der Waals surface area (Å²) in [5.41, 5.74) is 0.953. The molecule has 0 atom stereocenters. The molecule has 5 heteroatoms. The summed E-state index contributed by atoms with van der Waals surface area (Å²) in [6, 6.07) is 9.55. The highest BCUT2D eigenvalue weighted by atomic mass is 16.5. The number of benzene rings is 1. The zero-order valence-electron chi connectivity index (χ0n) is 15.0. The van der Waals surface area contributed by atoms with E-state index in [1.165, 1.54) is 32.1 Å². The zero-order valence-corrected chi connectivity index (χ0v) is 15.0. The first-order chi connectivity index (χ1) is 12.2. The maximum Gasteiger partial charge on any atom is 0.407 e. The second-order valence-corrected chi connectivity index (χ2v) is 6.73. The van der Waals surface area contributed by atoms with Crippen LogP contribution in [0.5, 0.6) is 0 Å². The lowest BCUT2D eigenvalue weighted by Gasteiger charge is -2.09. The molecular formula is C20H30N2O3. The molecule has 1 aromatic rings. The Labute approximate surface area is 150 Å². The molecule has 0 unspecified atom stereocenters. The molecule has 0 saturated heterocycles. The Balaban J connectivity index is 1.42. The minimum Gasteiger partial charge on any atom is -0.445 e. The highest BCUT2D eigenvalue weighted by Gasteiger charge is 2.14. The molecule has 2 rings (SSSR count). The monoisotopic (exact) mass is 346 g/mol.